The fraction of sp³-hybridized carbons (Fsp3) is 0.0625. The number of rotatable bonds is 3. The fourth-order valence-corrected chi connectivity index (χ4v) is 2.30. The summed E-state index contributed by atoms with van der Waals surface area (Å²) in [5, 5.41) is 9.70. The van der Waals surface area contributed by atoms with E-state index in [1.165, 1.54) is 5.56 Å². The summed E-state index contributed by atoms with van der Waals surface area (Å²) in [4.78, 5) is 14.7. The Bertz CT molecular complexity index is 748. The molecule has 100 valence electrons. The molecule has 0 radical (unpaired) electrons. The van der Waals surface area contributed by atoms with Gasteiger partial charge in [0.1, 0.15) is 0 Å². The molecular formula is C16H14N2O2. The van der Waals surface area contributed by atoms with Crippen LogP contribution in [0.25, 0.3) is 10.9 Å². The molecule has 3 rings (SSSR count). The summed E-state index contributed by atoms with van der Waals surface area (Å²) in [6, 6.07) is 17.5. The van der Waals surface area contributed by atoms with E-state index in [4.69, 9.17) is 5.21 Å². The van der Waals surface area contributed by atoms with Crippen molar-refractivity contribution in [1.82, 2.24) is 10.5 Å². The molecule has 0 saturated heterocycles. The van der Waals surface area contributed by atoms with Crippen molar-refractivity contribution in [2.45, 2.75) is 6.42 Å². The summed E-state index contributed by atoms with van der Waals surface area (Å²) < 4.78 is 0. The lowest BCUT2D eigenvalue weighted by atomic mass is 10.1. The Morgan fingerprint density at radius 1 is 1.10 bits per heavy atom. The van der Waals surface area contributed by atoms with E-state index in [0.29, 0.717) is 5.56 Å². The van der Waals surface area contributed by atoms with Crippen LogP contribution in [0.15, 0.2) is 54.6 Å². The van der Waals surface area contributed by atoms with Crippen molar-refractivity contribution >= 4 is 16.8 Å². The van der Waals surface area contributed by atoms with E-state index < -0.39 is 5.91 Å². The van der Waals surface area contributed by atoms with Crippen molar-refractivity contribution in [3.63, 3.8) is 0 Å². The zero-order valence-corrected chi connectivity index (χ0v) is 10.8. The van der Waals surface area contributed by atoms with E-state index in [-0.39, 0.29) is 0 Å². The number of nitrogens with one attached hydrogen (secondary N) is 2. The van der Waals surface area contributed by atoms with Gasteiger partial charge in [0.15, 0.2) is 0 Å². The van der Waals surface area contributed by atoms with Crippen LogP contribution in [0.3, 0.4) is 0 Å². The molecule has 1 heterocycles. The van der Waals surface area contributed by atoms with Crippen LogP contribution >= 0.6 is 0 Å². The first-order chi connectivity index (χ1) is 9.76. The maximum atomic E-state index is 11.4. The third-order valence-corrected chi connectivity index (χ3v) is 3.28. The van der Waals surface area contributed by atoms with Gasteiger partial charge in [-0.25, -0.2) is 5.48 Å². The summed E-state index contributed by atoms with van der Waals surface area (Å²) in [5.74, 6) is -0.508. The number of hydroxylamine groups is 1. The molecule has 0 saturated carbocycles. The van der Waals surface area contributed by atoms with Crippen molar-refractivity contribution in [2.75, 3.05) is 0 Å². The number of carbonyl (C=O) groups is 1. The third-order valence-electron chi connectivity index (χ3n) is 3.28. The summed E-state index contributed by atoms with van der Waals surface area (Å²) in [6.45, 7) is 0. The van der Waals surface area contributed by atoms with Gasteiger partial charge in [0, 0.05) is 23.2 Å². The van der Waals surface area contributed by atoms with Gasteiger partial charge in [-0.15, -0.1) is 0 Å². The molecule has 2 aromatic carbocycles. The normalized spacial score (nSPS) is 10.7. The largest absolute Gasteiger partial charge is 0.358 e. The molecule has 0 bridgehead atoms. The Hall–Kier alpha value is -2.59. The van der Waals surface area contributed by atoms with Gasteiger partial charge in [-0.1, -0.05) is 36.4 Å². The second kappa shape index (κ2) is 5.19. The van der Waals surface area contributed by atoms with Crippen LogP contribution in [0.1, 0.15) is 21.6 Å². The van der Waals surface area contributed by atoms with Crippen LogP contribution in [0, 0.1) is 0 Å². The van der Waals surface area contributed by atoms with Gasteiger partial charge in [0.2, 0.25) is 0 Å². The zero-order chi connectivity index (χ0) is 13.9. The van der Waals surface area contributed by atoms with Crippen molar-refractivity contribution in [3.8, 4) is 0 Å². The Kier molecular flexibility index (Phi) is 3.23. The lowest BCUT2D eigenvalue weighted by molar-refractivity contribution is 0.0706. The number of hydrogen-bond acceptors (Lipinski definition) is 2. The van der Waals surface area contributed by atoms with Gasteiger partial charge in [0.25, 0.3) is 5.91 Å². The van der Waals surface area contributed by atoms with Crippen LogP contribution in [-0.2, 0) is 6.42 Å². The molecule has 0 unspecified atom stereocenters. The van der Waals surface area contributed by atoms with Gasteiger partial charge in [-0.3, -0.25) is 10.0 Å². The Balaban J connectivity index is 1.92. The van der Waals surface area contributed by atoms with Crippen molar-refractivity contribution in [1.29, 1.82) is 0 Å². The maximum absolute atomic E-state index is 11.4. The van der Waals surface area contributed by atoms with Crippen molar-refractivity contribution in [2.24, 2.45) is 0 Å². The number of fused-ring (bicyclic) bond motifs is 1. The van der Waals surface area contributed by atoms with Crippen LogP contribution in [0.2, 0.25) is 0 Å². The molecule has 3 aromatic rings. The molecule has 1 amide bonds. The molecule has 0 aliphatic rings. The number of hydrogen-bond donors (Lipinski definition) is 3. The van der Waals surface area contributed by atoms with Gasteiger partial charge in [-0.2, -0.15) is 0 Å². The predicted molar refractivity (Wildman–Crippen MR) is 76.8 cm³/mol. The van der Waals surface area contributed by atoms with Gasteiger partial charge < -0.3 is 4.98 Å². The lowest BCUT2D eigenvalue weighted by Gasteiger charge is -1.98. The van der Waals surface area contributed by atoms with Gasteiger partial charge in [-0.05, 0) is 29.1 Å². The number of amides is 1. The lowest BCUT2D eigenvalue weighted by Crippen LogP contribution is -2.18. The molecule has 0 spiro atoms. The van der Waals surface area contributed by atoms with E-state index >= 15 is 0 Å². The van der Waals surface area contributed by atoms with Crippen molar-refractivity contribution in [3.05, 3.63) is 71.4 Å². The first-order valence-corrected chi connectivity index (χ1v) is 6.36. The molecule has 0 fully saturated rings. The SMILES string of the molecule is O=C(NO)c1ccc2cc(Cc3ccccc3)[nH]c2c1. The average molecular weight is 266 g/mol. The smallest absolute Gasteiger partial charge is 0.274 e. The molecule has 20 heavy (non-hydrogen) atoms. The third kappa shape index (κ3) is 2.41. The van der Waals surface area contributed by atoms with E-state index in [1.54, 1.807) is 17.6 Å². The molecular weight excluding hydrogens is 252 g/mol. The standard InChI is InChI=1S/C16H14N2O2/c19-16(18-20)13-7-6-12-9-14(17-15(12)10-13)8-11-4-2-1-3-5-11/h1-7,9-10,17,20H,8H2,(H,18,19). The highest BCUT2D eigenvalue weighted by molar-refractivity contribution is 5.97. The minimum absolute atomic E-state index is 0.424. The minimum atomic E-state index is -0.508. The number of aromatic nitrogens is 1. The Labute approximate surface area is 116 Å². The predicted octanol–water partition coefficient (Wildman–Crippen LogP) is 2.88. The Morgan fingerprint density at radius 3 is 2.65 bits per heavy atom. The quantitative estimate of drug-likeness (QED) is 0.504. The minimum Gasteiger partial charge on any atom is -0.358 e. The van der Waals surface area contributed by atoms with Crippen LogP contribution in [-0.4, -0.2) is 16.1 Å². The summed E-state index contributed by atoms with van der Waals surface area (Å²) in [5.41, 5.74) is 5.27. The molecule has 0 atom stereocenters. The zero-order valence-electron chi connectivity index (χ0n) is 10.8. The summed E-state index contributed by atoms with van der Waals surface area (Å²) >= 11 is 0. The van der Waals surface area contributed by atoms with Crippen LogP contribution < -0.4 is 5.48 Å². The highest BCUT2D eigenvalue weighted by atomic mass is 16.5. The molecule has 4 heteroatoms. The number of H-pyrrole nitrogens is 1. The second-order valence-electron chi connectivity index (χ2n) is 4.70. The molecule has 0 aliphatic heterocycles. The molecule has 3 N–H and O–H groups in total. The topological polar surface area (TPSA) is 65.1 Å². The fourth-order valence-electron chi connectivity index (χ4n) is 2.30. The monoisotopic (exact) mass is 266 g/mol. The van der Waals surface area contributed by atoms with Crippen molar-refractivity contribution < 1.29 is 10.0 Å². The number of carbonyl (C=O) groups excluding carboxylic acids is 1. The molecule has 4 nitrogen and oxygen atoms in total. The molecule has 1 aromatic heterocycles. The van der Waals surface area contributed by atoms with E-state index in [9.17, 15) is 4.79 Å². The summed E-state index contributed by atoms with van der Waals surface area (Å²) in [6.07, 6.45) is 0.817. The van der Waals surface area contributed by atoms with E-state index in [0.717, 1.165) is 23.0 Å². The average Bonchev–Trinajstić information content (AvgIpc) is 2.88. The molecule has 0 aliphatic carbocycles. The van der Waals surface area contributed by atoms with E-state index in [1.807, 2.05) is 24.3 Å². The first kappa shape index (κ1) is 12.4. The van der Waals surface area contributed by atoms with Gasteiger partial charge >= 0.3 is 0 Å². The van der Waals surface area contributed by atoms with E-state index in [2.05, 4.69) is 23.2 Å². The first-order valence-electron chi connectivity index (χ1n) is 6.36. The van der Waals surface area contributed by atoms with Crippen LogP contribution in [0.4, 0.5) is 0 Å². The maximum Gasteiger partial charge on any atom is 0.274 e. The highest BCUT2D eigenvalue weighted by Gasteiger charge is 2.07. The van der Waals surface area contributed by atoms with Crippen LogP contribution in [0.5, 0.6) is 0 Å². The number of aromatic amines is 1. The Morgan fingerprint density at radius 2 is 1.90 bits per heavy atom. The summed E-state index contributed by atoms with van der Waals surface area (Å²) in [7, 11) is 0. The second-order valence-corrected chi connectivity index (χ2v) is 4.70. The van der Waals surface area contributed by atoms with Gasteiger partial charge in [0.05, 0.1) is 0 Å². The highest BCUT2D eigenvalue weighted by Crippen LogP contribution is 2.19. The number of benzene rings is 2.